The lowest BCUT2D eigenvalue weighted by Gasteiger charge is -2.28. The fourth-order valence-corrected chi connectivity index (χ4v) is 4.69. The first-order valence-corrected chi connectivity index (χ1v) is 12.8. The van der Waals surface area contributed by atoms with E-state index in [1.165, 1.54) is 76.2 Å². The summed E-state index contributed by atoms with van der Waals surface area (Å²) in [6, 6.07) is 8.79. The van der Waals surface area contributed by atoms with Gasteiger partial charge >= 0.3 is 0 Å². The molecule has 1 saturated carbocycles. The molecule has 1 aromatic heterocycles. The van der Waals surface area contributed by atoms with E-state index >= 15 is 0 Å². The first-order valence-electron chi connectivity index (χ1n) is 12.8. The van der Waals surface area contributed by atoms with Crippen molar-refractivity contribution in [2.75, 3.05) is 6.61 Å². The second kappa shape index (κ2) is 13.9. The van der Waals surface area contributed by atoms with Crippen molar-refractivity contribution in [3.63, 3.8) is 0 Å². The van der Waals surface area contributed by atoms with Gasteiger partial charge in [0.2, 0.25) is 5.82 Å². The van der Waals surface area contributed by atoms with Crippen LogP contribution in [0.2, 0.25) is 0 Å². The van der Waals surface area contributed by atoms with Crippen molar-refractivity contribution in [1.29, 1.82) is 0 Å². The van der Waals surface area contributed by atoms with Gasteiger partial charge in [-0.15, -0.1) is 0 Å². The van der Waals surface area contributed by atoms with E-state index in [1.807, 2.05) is 0 Å². The third-order valence-corrected chi connectivity index (χ3v) is 6.64. The Kier molecular flexibility index (Phi) is 10.6. The Morgan fingerprint density at radius 3 is 2.19 bits per heavy atom. The van der Waals surface area contributed by atoms with Gasteiger partial charge in [0, 0.05) is 5.56 Å². The SMILES string of the molecule is CCCCCCCCOc1cnc(C#Cc2ccc([C@H]3CC[C@H](CCC)CC3)cc2)nc1. The monoisotopic (exact) mass is 432 g/mol. The van der Waals surface area contributed by atoms with Crippen molar-refractivity contribution in [1.82, 2.24) is 9.97 Å². The third kappa shape index (κ3) is 8.30. The minimum absolute atomic E-state index is 0.537. The number of benzene rings is 1. The van der Waals surface area contributed by atoms with E-state index in [4.69, 9.17) is 4.74 Å². The molecule has 1 fully saturated rings. The molecule has 0 saturated heterocycles. The molecule has 3 nitrogen and oxygen atoms in total. The van der Waals surface area contributed by atoms with Crippen LogP contribution in [0.3, 0.4) is 0 Å². The molecule has 1 heterocycles. The van der Waals surface area contributed by atoms with Crippen molar-refractivity contribution >= 4 is 0 Å². The first kappa shape index (κ1) is 24.3. The van der Waals surface area contributed by atoms with Crippen LogP contribution < -0.4 is 4.74 Å². The van der Waals surface area contributed by atoms with Gasteiger partial charge in [0.05, 0.1) is 19.0 Å². The molecule has 1 aliphatic carbocycles. The number of rotatable bonds is 11. The molecule has 0 amide bonds. The average molecular weight is 433 g/mol. The molecule has 3 rings (SSSR count). The lowest BCUT2D eigenvalue weighted by atomic mass is 9.77. The summed E-state index contributed by atoms with van der Waals surface area (Å²) in [5.74, 6) is 9.20. The van der Waals surface area contributed by atoms with E-state index in [0.717, 1.165) is 36.2 Å². The zero-order valence-electron chi connectivity index (χ0n) is 20.1. The highest BCUT2D eigenvalue weighted by atomic mass is 16.5. The summed E-state index contributed by atoms with van der Waals surface area (Å²) in [6.45, 7) is 5.27. The normalized spacial score (nSPS) is 18.1. The van der Waals surface area contributed by atoms with Crippen molar-refractivity contribution < 1.29 is 4.74 Å². The number of hydrogen-bond donors (Lipinski definition) is 0. The van der Waals surface area contributed by atoms with E-state index in [1.54, 1.807) is 12.4 Å². The van der Waals surface area contributed by atoms with Crippen LogP contribution in [0, 0.1) is 17.8 Å². The molecular formula is C29H40N2O. The minimum Gasteiger partial charge on any atom is -0.490 e. The van der Waals surface area contributed by atoms with Crippen LogP contribution in [-0.4, -0.2) is 16.6 Å². The minimum atomic E-state index is 0.537. The van der Waals surface area contributed by atoms with E-state index in [0.29, 0.717) is 5.82 Å². The standard InChI is InChI=1S/C29H40N2O/c1-3-5-6-7-8-9-21-32-28-22-30-29(31-23-28)20-15-25-13-18-27(19-14-25)26-16-11-24(10-4-2)12-17-26/h13-14,18-19,22-24,26H,3-12,16-17,21H2,1-2H3/t24-,26-. The Morgan fingerprint density at radius 2 is 1.50 bits per heavy atom. The molecule has 0 spiro atoms. The zero-order chi connectivity index (χ0) is 22.4. The summed E-state index contributed by atoms with van der Waals surface area (Å²) in [4.78, 5) is 8.67. The molecule has 32 heavy (non-hydrogen) atoms. The van der Waals surface area contributed by atoms with E-state index in [2.05, 4.69) is 59.9 Å². The summed E-state index contributed by atoms with van der Waals surface area (Å²) in [6.07, 6.45) is 19.2. The largest absolute Gasteiger partial charge is 0.490 e. The molecule has 3 heteroatoms. The van der Waals surface area contributed by atoms with Crippen LogP contribution in [-0.2, 0) is 0 Å². The number of aromatic nitrogens is 2. The van der Waals surface area contributed by atoms with Crippen LogP contribution in [0.15, 0.2) is 36.7 Å². The van der Waals surface area contributed by atoms with Gasteiger partial charge in [-0.3, -0.25) is 0 Å². The molecular weight excluding hydrogens is 392 g/mol. The average Bonchev–Trinajstić information content (AvgIpc) is 2.84. The summed E-state index contributed by atoms with van der Waals surface area (Å²) in [7, 11) is 0. The van der Waals surface area contributed by atoms with Gasteiger partial charge in [-0.05, 0) is 67.6 Å². The van der Waals surface area contributed by atoms with Crippen LogP contribution in [0.25, 0.3) is 0 Å². The number of hydrogen-bond acceptors (Lipinski definition) is 3. The van der Waals surface area contributed by atoms with Gasteiger partial charge < -0.3 is 4.74 Å². The quantitative estimate of drug-likeness (QED) is 0.270. The van der Waals surface area contributed by atoms with Gasteiger partial charge in [-0.25, -0.2) is 9.97 Å². The highest BCUT2D eigenvalue weighted by Crippen LogP contribution is 2.37. The fraction of sp³-hybridized carbons (Fsp3) is 0.586. The maximum Gasteiger partial charge on any atom is 0.205 e. The Morgan fingerprint density at radius 1 is 0.812 bits per heavy atom. The summed E-state index contributed by atoms with van der Waals surface area (Å²) in [5.41, 5.74) is 2.48. The van der Waals surface area contributed by atoms with Crippen molar-refractivity contribution in [3.05, 3.63) is 53.6 Å². The van der Waals surface area contributed by atoms with Gasteiger partial charge in [-0.2, -0.15) is 0 Å². The number of nitrogens with zero attached hydrogens (tertiary/aromatic N) is 2. The molecule has 1 aromatic carbocycles. The third-order valence-electron chi connectivity index (χ3n) is 6.64. The predicted octanol–water partition coefficient (Wildman–Crippen LogP) is 7.69. The lowest BCUT2D eigenvalue weighted by molar-refractivity contribution is 0.302. The highest BCUT2D eigenvalue weighted by Gasteiger charge is 2.21. The smallest absolute Gasteiger partial charge is 0.205 e. The van der Waals surface area contributed by atoms with E-state index < -0.39 is 0 Å². The summed E-state index contributed by atoms with van der Waals surface area (Å²) < 4.78 is 5.75. The molecule has 2 aromatic rings. The Bertz CT molecular complexity index is 824. The molecule has 0 unspecified atom stereocenters. The summed E-state index contributed by atoms with van der Waals surface area (Å²) >= 11 is 0. The molecule has 0 N–H and O–H groups in total. The van der Waals surface area contributed by atoms with Crippen molar-refractivity contribution in [2.45, 2.75) is 96.8 Å². The van der Waals surface area contributed by atoms with Gasteiger partial charge in [0.1, 0.15) is 0 Å². The lowest BCUT2D eigenvalue weighted by Crippen LogP contribution is -2.13. The van der Waals surface area contributed by atoms with Gasteiger partial charge in [0.25, 0.3) is 0 Å². The molecule has 0 bridgehead atoms. The predicted molar refractivity (Wildman–Crippen MR) is 133 cm³/mol. The van der Waals surface area contributed by atoms with Crippen LogP contribution in [0.1, 0.15) is 114 Å². The van der Waals surface area contributed by atoms with Gasteiger partial charge in [-0.1, -0.05) is 76.8 Å². The zero-order valence-corrected chi connectivity index (χ0v) is 20.1. The van der Waals surface area contributed by atoms with E-state index in [9.17, 15) is 0 Å². The molecule has 0 radical (unpaired) electrons. The van der Waals surface area contributed by atoms with Crippen LogP contribution in [0.5, 0.6) is 5.75 Å². The maximum atomic E-state index is 5.75. The van der Waals surface area contributed by atoms with Crippen molar-refractivity contribution in [3.8, 4) is 17.6 Å². The second-order valence-electron chi connectivity index (χ2n) is 9.24. The number of unbranched alkanes of at least 4 members (excludes halogenated alkanes) is 5. The Balaban J connectivity index is 1.42. The topological polar surface area (TPSA) is 35.0 Å². The second-order valence-corrected chi connectivity index (χ2v) is 9.24. The summed E-state index contributed by atoms with van der Waals surface area (Å²) in [5, 5.41) is 0. The highest BCUT2D eigenvalue weighted by molar-refractivity contribution is 5.40. The van der Waals surface area contributed by atoms with Crippen LogP contribution in [0.4, 0.5) is 0 Å². The Hall–Kier alpha value is -2.34. The van der Waals surface area contributed by atoms with Crippen LogP contribution >= 0.6 is 0 Å². The fourth-order valence-electron chi connectivity index (χ4n) is 4.69. The Labute approximate surface area is 195 Å². The van der Waals surface area contributed by atoms with Crippen molar-refractivity contribution in [2.24, 2.45) is 5.92 Å². The molecule has 0 atom stereocenters. The molecule has 0 aliphatic heterocycles. The molecule has 172 valence electrons. The number of ether oxygens (including phenoxy) is 1. The van der Waals surface area contributed by atoms with Gasteiger partial charge in [0.15, 0.2) is 5.75 Å². The molecule has 1 aliphatic rings. The maximum absolute atomic E-state index is 5.75. The first-order chi connectivity index (χ1) is 15.8. The van der Waals surface area contributed by atoms with E-state index in [-0.39, 0.29) is 0 Å².